The second-order valence-corrected chi connectivity index (χ2v) is 7.42. The monoisotopic (exact) mass is 386 g/mol. The van der Waals surface area contributed by atoms with Gasteiger partial charge in [0.2, 0.25) is 0 Å². The fraction of sp³-hybridized carbons (Fsp3) is 0. The Balaban J connectivity index is 1.73. The van der Waals surface area contributed by atoms with E-state index in [-0.39, 0.29) is 0 Å². The Labute approximate surface area is 173 Å². The molecule has 4 nitrogen and oxygen atoms in total. The van der Waals surface area contributed by atoms with Crippen LogP contribution in [0.5, 0.6) is 0 Å². The van der Waals surface area contributed by atoms with Crippen LogP contribution in [0, 0.1) is 0 Å². The van der Waals surface area contributed by atoms with E-state index < -0.39 is 0 Å². The molecule has 30 heavy (non-hydrogen) atoms. The summed E-state index contributed by atoms with van der Waals surface area (Å²) < 4.78 is 0. The summed E-state index contributed by atoms with van der Waals surface area (Å²) in [5, 5.41) is 0. The van der Waals surface area contributed by atoms with Gasteiger partial charge in [0.05, 0.1) is 22.8 Å². The SMILES string of the molecule is C1=Cc2nc1cc1ccc(cc3ccc(cc4nc(c2-c2ccccc2)C=C4)[nH]3)[nH]1. The van der Waals surface area contributed by atoms with Gasteiger partial charge >= 0.3 is 0 Å². The highest BCUT2D eigenvalue weighted by molar-refractivity contribution is 5.89. The number of H-pyrrole nitrogens is 2. The first-order chi connectivity index (χ1) is 14.8. The van der Waals surface area contributed by atoms with Gasteiger partial charge in [-0.3, -0.25) is 0 Å². The molecule has 8 bridgehead atoms. The van der Waals surface area contributed by atoms with Gasteiger partial charge in [-0.2, -0.15) is 0 Å². The molecule has 0 radical (unpaired) electrons. The predicted molar refractivity (Wildman–Crippen MR) is 124 cm³/mol. The van der Waals surface area contributed by atoms with E-state index in [1.165, 1.54) is 0 Å². The molecule has 2 aliphatic heterocycles. The summed E-state index contributed by atoms with van der Waals surface area (Å²) in [7, 11) is 0. The fourth-order valence-corrected chi connectivity index (χ4v) is 3.91. The molecule has 0 spiro atoms. The first-order valence-electron chi connectivity index (χ1n) is 9.93. The summed E-state index contributed by atoms with van der Waals surface area (Å²) in [6.45, 7) is 0. The lowest BCUT2D eigenvalue weighted by Crippen LogP contribution is -1.88. The number of aromatic amines is 2. The van der Waals surface area contributed by atoms with Crippen LogP contribution < -0.4 is 0 Å². The second kappa shape index (κ2) is 6.71. The Kier molecular flexibility index (Phi) is 3.74. The highest BCUT2D eigenvalue weighted by Crippen LogP contribution is 2.30. The van der Waals surface area contributed by atoms with E-state index in [9.17, 15) is 0 Å². The molecule has 0 fully saturated rings. The van der Waals surface area contributed by atoms with Crippen molar-refractivity contribution in [3.05, 3.63) is 95.6 Å². The average Bonchev–Trinajstić information content (AvgIpc) is 3.54. The first kappa shape index (κ1) is 16.7. The zero-order chi connectivity index (χ0) is 19.9. The summed E-state index contributed by atoms with van der Waals surface area (Å²) in [5.74, 6) is 0. The van der Waals surface area contributed by atoms with Gasteiger partial charge in [-0.25, -0.2) is 9.97 Å². The lowest BCUT2D eigenvalue weighted by atomic mass is 10.0. The average molecular weight is 386 g/mol. The zero-order valence-electron chi connectivity index (χ0n) is 16.1. The predicted octanol–water partition coefficient (Wildman–Crippen LogP) is 6.32. The minimum absolute atomic E-state index is 0.916. The number of fused-ring (bicyclic) bond motifs is 8. The largest absolute Gasteiger partial charge is 0.355 e. The lowest BCUT2D eigenvalue weighted by molar-refractivity contribution is 1.28. The van der Waals surface area contributed by atoms with E-state index in [2.05, 4.69) is 76.7 Å². The molecule has 1 aromatic carbocycles. The van der Waals surface area contributed by atoms with Gasteiger partial charge in [0.1, 0.15) is 0 Å². The zero-order valence-corrected chi connectivity index (χ0v) is 16.1. The summed E-state index contributed by atoms with van der Waals surface area (Å²) in [5.41, 5.74) is 9.94. The van der Waals surface area contributed by atoms with Crippen molar-refractivity contribution in [2.45, 2.75) is 0 Å². The van der Waals surface area contributed by atoms with Gasteiger partial charge in [-0.15, -0.1) is 0 Å². The van der Waals surface area contributed by atoms with E-state index in [1.807, 2.05) is 30.4 Å². The number of nitrogens with zero attached hydrogens (tertiary/aromatic N) is 2. The summed E-state index contributed by atoms with van der Waals surface area (Å²) in [6, 6.07) is 24.8. The summed E-state index contributed by atoms with van der Waals surface area (Å²) in [4.78, 5) is 16.7. The van der Waals surface area contributed by atoms with Crippen LogP contribution in [0.3, 0.4) is 0 Å². The van der Waals surface area contributed by atoms with E-state index in [0.29, 0.717) is 0 Å². The van der Waals surface area contributed by atoms with Gasteiger partial charge in [-0.05, 0) is 72.3 Å². The Bertz CT molecular complexity index is 1390. The summed E-state index contributed by atoms with van der Waals surface area (Å²) >= 11 is 0. The minimum Gasteiger partial charge on any atom is -0.355 e. The van der Waals surface area contributed by atoms with Gasteiger partial charge in [0.15, 0.2) is 0 Å². The van der Waals surface area contributed by atoms with Gasteiger partial charge in [0.25, 0.3) is 0 Å². The molecule has 4 heteroatoms. The highest BCUT2D eigenvalue weighted by Gasteiger charge is 2.13. The number of rotatable bonds is 1. The van der Waals surface area contributed by atoms with Crippen LogP contribution in [0.15, 0.2) is 72.8 Å². The third-order valence-electron chi connectivity index (χ3n) is 5.28. The second-order valence-electron chi connectivity index (χ2n) is 7.42. The van der Waals surface area contributed by atoms with Gasteiger partial charge < -0.3 is 9.97 Å². The Morgan fingerprint density at radius 3 is 1.53 bits per heavy atom. The third-order valence-corrected chi connectivity index (χ3v) is 5.28. The maximum Gasteiger partial charge on any atom is 0.0737 e. The van der Waals surface area contributed by atoms with Crippen molar-refractivity contribution in [2.24, 2.45) is 0 Å². The van der Waals surface area contributed by atoms with Crippen LogP contribution in [0.4, 0.5) is 0 Å². The molecule has 0 aliphatic carbocycles. The molecule has 6 rings (SSSR count). The van der Waals surface area contributed by atoms with Gasteiger partial charge in [-0.1, -0.05) is 30.3 Å². The molecule has 0 atom stereocenters. The highest BCUT2D eigenvalue weighted by atomic mass is 14.8. The molecule has 2 aliphatic rings. The number of aromatic nitrogens is 4. The van der Waals surface area contributed by atoms with Crippen molar-refractivity contribution in [1.29, 1.82) is 0 Å². The number of hydrogen-bond donors (Lipinski definition) is 2. The van der Waals surface area contributed by atoms with Crippen molar-refractivity contribution in [2.75, 3.05) is 0 Å². The van der Waals surface area contributed by atoms with Crippen molar-refractivity contribution in [1.82, 2.24) is 19.9 Å². The molecule has 0 saturated heterocycles. The molecule has 4 aromatic rings. The summed E-state index contributed by atoms with van der Waals surface area (Å²) in [6.07, 6.45) is 8.23. The van der Waals surface area contributed by atoms with E-state index in [4.69, 9.17) is 9.97 Å². The maximum absolute atomic E-state index is 4.90. The van der Waals surface area contributed by atoms with E-state index in [1.54, 1.807) is 0 Å². The number of hydrogen-bond acceptors (Lipinski definition) is 2. The Morgan fingerprint density at radius 1 is 0.500 bits per heavy atom. The number of nitrogens with one attached hydrogen (secondary N) is 2. The normalized spacial score (nSPS) is 12.4. The molecule has 142 valence electrons. The first-order valence-corrected chi connectivity index (χ1v) is 9.93. The smallest absolute Gasteiger partial charge is 0.0737 e. The lowest BCUT2D eigenvalue weighted by Gasteiger charge is -2.04. The van der Waals surface area contributed by atoms with E-state index in [0.717, 1.165) is 56.0 Å². The molecule has 0 amide bonds. The van der Waals surface area contributed by atoms with Gasteiger partial charge in [0, 0.05) is 27.6 Å². The van der Waals surface area contributed by atoms with Crippen molar-refractivity contribution < 1.29 is 0 Å². The third kappa shape index (κ3) is 3.05. The van der Waals surface area contributed by atoms with Crippen molar-refractivity contribution >= 4 is 46.4 Å². The number of benzene rings is 1. The maximum atomic E-state index is 4.90. The minimum atomic E-state index is 0.916. The van der Waals surface area contributed by atoms with E-state index >= 15 is 0 Å². The molecule has 5 heterocycles. The molecular formula is C26H18N4. The fourth-order valence-electron chi connectivity index (χ4n) is 3.91. The van der Waals surface area contributed by atoms with Crippen LogP contribution >= 0.6 is 0 Å². The topological polar surface area (TPSA) is 57.4 Å². The standard InChI is InChI=1S/C26H18N4/c1-2-4-17(5-3-1)26-24-12-10-22(29-24)15-20-8-6-18(27-20)14-19-7-9-21(28-19)16-23-11-13-25(26)30-23/h1-16,27-28H. The van der Waals surface area contributed by atoms with Crippen LogP contribution in [-0.4, -0.2) is 19.9 Å². The Morgan fingerprint density at radius 2 is 1.00 bits per heavy atom. The molecular weight excluding hydrogens is 368 g/mol. The molecule has 0 unspecified atom stereocenters. The van der Waals surface area contributed by atoms with Crippen molar-refractivity contribution in [3.63, 3.8) is 0 Å². The Hall–Kier alpha value is -4.18. The van der Waals surface area contributed by atoms with Crippen LogP contribution in [0.1, 0.15) is 22.8 Å². The molecule has 3 aromatic heterocycles. The molecule has 0 saturated carbocycles. The molecule has 2 N–H and O–H groups in total. The van der Waals surface area contributed by atoms with Crippen molar-refractivity contribution in [3.8, 4) is 11.1 Å². The quantitative estimate of drug-likeness (QED) is 0.347. The van der Waals surface area contributed by atoms with Crippen LogP contribution in [0.25, 0.3) is 57.5 Å². The van der Waals surface area contributed by atoms with Crippen LogP contribution in [0.2, 0.25) is 0 Å². The van der Waals surface area contributed by atoms with Crippen LogP contribution in [-0.2, 0) is 0 Å².